The van der Waals surface area contributed by atoms with Crippen molar-refractivity contribution in [1.82, 2.24) is 0 Å². The van der Waals surface area contributed by atoms with Crippen LogP contribution in [0.1, 0.15) is 10.4 Å². The maximum Gasteiger partial charge on any atom is 0.258 e. The molecule has 0 spiro atoms. The average Bonchev–Trinajstić information content (AvgIpc) is 2.55. The molecule has 0 unspecified atom stereocenters. The summed E-state index contributed by atoms with van der Waals surface area (Å²) in [5, 5.41) is 2.60. The third-order valence-corrected chi connectivity index (χ3v) is 3.07. The zero-order chi connectivity index (χ0) is 16.1. The van der Waals surface area contributed by atoms with E-state index in [1.807, 2.05) is 0 Å². The molecule has 2 aromatic rings. The van der Waals surface area contributed by atoms with E-state index in [1.165, 1.54) is 39.5 Å². The fourth-order valence-electron chi connectivity index (χ4n) is 1.96. The molecular weight excluding hydrogens is 289 g/mol. The minimum absolute atomic E-state index is 0.0672. The monoisotopic (exact) mass is 305 g/mol. The molecule has 0 fully saturated rings. The Hall–Kier alpha value is -2.76. The third kappa shape index (κ3) is 3.11. The van der Waals surface area contributed by atoms with Crippen LogP contribution in [0.3, 0.4) is 0 Å². The predicted molar refractivity (Wildman–Crippen MR) is 80.5 cm³/mol. The topological polar surface area (TPSA) is 56.8 Å². The van der Waals surface area contributed by atoms with Gasteiger partial charge in [0, 0.05) is 12.1 Å². The number of carbonyl (C=O) groups excluding carboxylic acids is 1. The Morgan fingerprint density at radius 1 is 1.00 bits per heavy atom. The van der Waals surface area contributed by atoms with Gasteiger partial charge in [-0.15, -0.1) is 0 Å². The number of halogens is 1. The van der Waals surface area contributed by atoms with Crippen molar-refractivity contribution in [3.05, 3.63) is 47.8 Å². The van der Waals surface area contributed by atoms with E-state index in [2.05, 4.69) is 5.32 Å². The van der Waals surface area contributed by atoms with Gasteiger partial charge in [-0.05, 0) is 12.1 Å². The lowest BCUT2D eigenvalue weighted by molar-refractivity contribution is 0.102. The SMILES string of the molecule is COc1cc(OC)c(NC(=O)c2ccccc2F)c(OC)c1. The first-order valence-electron chi connectivity index (χ1n) is 6.46. The van der Waals surface area contributed by atoms with Gasteiger partial charge < -0.3 is 19.5 Å². The van der Waals surface area contributed by atoms with E-state index in [0.717, 1.165) is 0 Å². The summed E-state index contributed by atoms with van der Waals surface area (Å²) in [6.07, 6.45) is 0. The number of hydrogen-bond donors (Lipinski definition) is 1. The van der Waals surface area contributed by atoms with Gasteiger partial charge in [-0.25, -0.2) is 4.39 Å². The van der Waals surface area contributed by atoms with E-state index < -0.39 is 11.7 Å². The fourth-order valence-corrected chi connectivity index (χ4v) is 1.96. The highest BCUT2D eigenvalue weighted by Gasteiger charge is 2.18. The molecule has 0 saturated heterocycles. The van der Waals surface area contributed by atoms with Gasteiger partial charge >= 0.3 is 0 Å². The number of rotatable bonds is 5. The van der Waals surface area contributed by atoms with Crippen LogP contribution < -0.4 is 19.5 Å². The van der Waals surface area contributed by atoms with Gasteiger partial charge in [0.1, 0.15) is 28.8 Å². The molecule has 2 aromatic carbocycles. The number of methoxy groups -OCH3 is 3. The summed E-state index contributed by atoms with van der Waals surface area (Å²) in [5.41, 5.74) is 0.237. The maximum atomic E-state index is 13.7. The number of anilines is 1. The molecule has 0 bridgehead atoms. The molecule has 0 aliphatic heterocycles. The number of ether oxygens (including phenoxy) is 3. The second kappa shape index (κ2) is 6.80. The summed E-state index contributed by atoms with van der Waals surface area (Å²) in [7, 11) is 4.41. The van der Waals surface area contributed by atoms with E-state index in [1.54, 1.807) is 18.2 Å². The lowest BCUT2D eigenvalue weighted by Gasteiger charge is -2.16. The van der Waals surface area contributed by atoms with Gasteiger partial charge in [-0.1, -0.05) is 12.1 Å². The predicted octanol–water partition coefficient (Wildman–Crippen LogP) is 3.10. The van der Waals surface area contributed by atoms with Crippen molar-refractivity contribution in [3.63, 3.8) is 0 Å². The van der Waals surface area contributed by atoms with Crippen molar-refractivity contribution in [1.29, 1.82) is 0 Å². The highest BCUT2D eigenvalue weighted by molar-refractivity contribution is 6.06. The zero-order valence-electron chi connectivity index (χ0n) is 12.5. The van der Waals surface area contributed by atoms with Crippen LogP contribution in [0.25, 0.3) is 0 Å². The van der Waals surface area contributed by atoms with Crippen LogP contribution in [0.5, 0.6) is 17.2 Å². The van der Waals surface area contributed by atoms with Crippen LogP contribution in [0, 0.1) is 5.82 Å². The van der Waals surface area contributed by atoms with Crippen LogP contribution in [-0.4, -0.2) is 27.2 Å². The normalized spacial score (nSPS) is 10.0. The molecule has 0 saturated carbocycles. The van der Waals surface area contributed by atoms with Crippen molar-refractivity contribution in [2.45, 2.75) is 0 Å². The quantitative estimate of drug-likeness (QED) is 0.922. The number of benzene rings is 2. The molecule has 2 rings (SSSR count). The zero-order valence-corrected chi connectivity index (χ0v) is 12.5. The first-order valence-corrected chi connectivity index (χ1v) is 6.46. The molecule has 0 radical (unpaired) electrons. The van der Waals surface area contributed by atoms with Crippen molar-refractivity contribution < 1.29 is 23.4 Å². The van der Waals surface area contributed by atoms with E-state index in [-0.39, 0.29) is 5.56 Å². The van der Waals surface area contributed by atoms with Crippen LogP contribution in [0.15, 0.2) is 36.4 Å². The van der Waals surface area contributed by atoms with Crippen LogP contribution in [0.4, 0.5) is 10.1 Å². The number of nitrogens with one attached hydrogen (secondary N) is 1. The Kier molecular flexibility index (Phi) is 4.83. The second-order valence-corrected chi connectivity index (χ2v) is 4.34. The number of carbonyl (C=O) groups is 1. The Labute approximate surface area is 127 Å². The minimum atomic E-state index is -0.605. The molecule has 0 aromatic heterocycles. The average molecular weight is 305 g/mol. The largest absolute Gasteiger partial charge is 0.496 e. The Morgan fingerprint density at radius 2 is 1.59 bits per heavy atom. The van der Waals surface area contributed by atoms with Crippen molar-refractivity contribution in [3.8, 4) is 17.2 Å². The van der Waals surface area contributed by atoms with Gasteiger partial charge in [-0.3, -0.25) is 4.79 Å². The molecule has 6 heteroatoms. The van der Waals surface area contributed by atoms with E-state index >= 15 is 0 Å². The van der Waals surface area contributed by atoms with E-state index in [9.17, 15) is 9.18 Å². The third-order valence-electron chi connectivity index (χ3n) is 3.07. The molecule has 0 atom stereocenters. The van der Waals surface area contributed by atoms with E-state index in [4.69, 9.17) is 14.2 Å². The standard InChI is InChI=1S/C16H16FNO4/c1-20-10-8-13(21-2)15(14(9-10)22-3)18-16(19)11-6-4-5-7-12(11)17/h4-9H,1-3H3,(H,18,19). The van der Waals surface area contributed by atoms with Gasteiger partial charge in [0.2, 0.25) is 0 Å². The maximum absolute atomic E-state index is 13.7. The molecule has 22 heavy (non-hydrogen) atoms. The number of amides is 1. The lowest BCUT2D eigenvalue weighted by atomic mass is 10.2. The summed E-state index contributed by atoms with van der Waals surface area (Å²) in [6, 6.07) is 8.91. The second-order valence-electron chi connectivity index (χ2n) is 4.34. The van der Waals surface area contributed by atoms with E-state index in [0.29, 0.717) is 22.9 Å². The summed E-state index contributed by atoms with van der Waals surface area (Å²) >= 11 is 0. The van der Waals surface area contributed by atoms with Crippen molar-refractivity contribution in [2.24, 2.45) is 0 Å². The molecular formula is C16H16FNO4. The molecule has 1 N–H and O–H groups in total. The summed E-state index contributed by atoms with van der Waals surface area (Å²) in [4.78, 5) is 12.2. The van der Waals surface area contributed by atoms with Crippen LogP contribution >= 0.6 is 0 Å². The summed E-state index contributed by atoms with van der Waals surface area (Å²) in [6.45, 7) is 0. The highest BCUT2D eigenvalue weighted by atomic mass is 19.1. The Bertz CT molecular complexity index is 663. The van der Waals surface area contributed by atoms with Crippen molar-refractivity contribution >= 4 is 11.6 Å². The van der Waals surface area contributed by atoms with Gasteiger partial charge in [0.05, 0.1) is 26.9 Å². The molecule has 1 amide bonds. The highest BCUT2D eigenvalue weighted by Crippen LogP contribution is 2.39. The Morgan fingerprint density at radius 3 is 2.09 bits per heavy atom. The van der Waals surface area contributed by atoms with Gasteiger partial charge in [0.15, 0.2) is 0 Å². The molecule has 5 nitrogen and oxygen atoms in total. The molecule has 116 valence electrons. The smallest absolute Gasteiger partial charge is 0.258 e. The van der Waals surface area contributed by atoms with Crippen LogP contribution in [0.2, 0.25) is 0 Å². The first kappa shape index (κ1) is 15.6. The summed E-state index contributed by atoms with van der Waals surface area (Å²) in [5.74, 6) is 0.00526. The van der Waals surface area contributed by atoms with Gasteiger partial charge in [0.25, 0.3) is 5.91 Å². The summed E-state index contributed by atoms with van der Waals surface area (Å²) < 4.78 is 29.3. The molecule has 0 aliphatic carbocycles. The molecule has 0 aliphatic rings. The minimum Gasteiger partial charge on any atom is -0.496 e. The van der Waals surface area contributed by atoms with Crippen molar-refractivity contribution in [2.75, 3.05) is 26.6 Å². The Balaban J connectivity index is 2.40. The van der Waals surface area contributed by atoms with Gasteiger partial charge in [-0.2, -0.15) is 0 Å². The number of hydrogen-bond acceptors (Lipinski definition) is 4. The molecule has 0 heterocycles. The fraction of sp³-hybridized carbons (Fsp3) is 0.188. The lowest BCUT2D eigenvalue weighted by Crippen LogP contribution is -2.15. The van der Waals surface area contributed by atoms with Crippen LogP contribution in [-0.2, 0) is 0 Å². The first-order chi connectivity index (χ1) is 10.6.